The number of ether oxygens (including phenoxy) is 1. The molecule has 3 fully saturated rings. The number of benzene rings is 1. The lowest BCUT2D eigenvalue weighted by molar-refractivity contribution is 0.117. The van der Waals surface area contributed by atoms with Crippen LogP contribution < -0.4 is 0 Å². The molecule has 0 spiro atoms. The van der Waals surface area contributed by atoms with E-state index < -0.39 is 0 Å². The van der Waals surface area contributed by atoms with Crippen molar-refractivity contribution in [1.82, 2.24) is 14.7 Å². The second-order valence-electron chi connectivity index (χ2n) is 7.41. The molecule has 0 bridgehead atoms. The van der Waals surface area contributed by atoms with Gasteiger partial charge in [0.25, 0.3) is 0 Å². The molecule has 0 unspecified atom stereocenters. The van der Waals surface area contributed by atoms with Gasteiger partial charge in [0.05, 0.1) is 6.04 Å². The van der Waals surface area contributed by atoms with Gasteiger partial charge in [0.15, 0.2) is 0 Å². The first kappa shape index (κ1) is 16.8. The van der Waals surface area contributed by atoms with Gasteiger partial charge in [-0.05, 0) is 43.6 Å². The topological polar surface area (TPSA) is 36.0 Å². The third-order valence-electron chi connectivity index (χ3n) is 5.62. The SMILES string of the molecule is O=C1O[C@@H]2CN(Cc3ccc(F)cc3)C[C@@H]2N1CCN1CCCCC1. The fraction of sp³-hybridized carbons (Fsp3) is 0.632. The fourth-order valence-electron chi connectivity index (χ4n) is 4.25. The lowest BCUT2D eigenvalue weighted by atomic mass is 10.1. The summed E-state index contributed by atoms with van der Waals surface area (Å²) < 4.78 is 18.6. The number of halogens is 1. The molecule has 0 aliphatic carbocycles. The van der Waals surface area contributed by atoms with Crippen LogP contribution in [0.15, 0.2) is 24.3 Å². The third-order valence-corrected chi connectivity index (χ3v) is 5.62. The highest BCUT2D eigenvalue weighted by Gasteiger charge is 2.47. The number of likely N-dealkylation sites (tertiary alicyclic amines) is 2. The molecule has 1 aromatic carbocycles. The molecule has 1 amide bonds. The Morgan fingerprint density at radius 3 is 2.52 bits per heavy atom. The Bertz CT molecular complexity index is 603. The van der Waals surface area contributed by atoms with Gasteiger partial charge >= 0.3 is 6.09 Å². The molecular formula is C19H26FN3O2. The summed E-state index contributed by atoms with van der Waals surface area (Å²) in [5.74, 6) is -0.208. The van der Waals surface area contributed by atoms with Gasteiger partial charge in [0, 0.05) is 32.7 Å². The maximum atomic E-state index is 13.0. The van der Waals surface area contributed by atoms with Crippen molar-refractivity contribution in [3.63, 3.8) is 0 Å². The van der Waals surface area contributed by atoms with Crippen LogP contribution in [0.5, 0.6) is 0 Å². The number of piperidine rings is 1. The van der Waals surface area contributed by atoms with Crippen molar-refractivity contribution < 1.29 is 13.9 Å². The normalized spacial score (nSPS) is 27.6. The average Bonchev–Trinajstić information content (AvgIpc) is 3.12. The van der Waals surface area contributed by atoms with Crippen molar-refractivity contribution in [1.29, 1.82) is 0 Å². The lowest BCUT2D eigenvalue weighted by Crippen LogP contribution is -2.43. The van der Waals surface area contributed by atoms with E-state index >= 15 is 0 Å². The number of fused-ring (bicyclic) bond motifs is 1. The Hall–Kier alpha value is -1.66. The summed E-state index contributed by atoms with van der Waals surface area (Å²) in [5.41, 5.74) is 1.09. The van der Waals surface area contributed by atoms with Crippen LogP contribution in [-0.2, 0) is 11.3 Å². The predicted octanol–water partition coefficient (Wildman–Crippen LogP) is 2.32. The van der Waals surface area contributed by atoms with E-state index in [9.17, 15) is 9.18 Å². The van der Waals surface area contributed by atoms with Gasteiger partial charge in [0.1, 0.15) is 11.9 Å². The van der Waals surface area contributed by atoms with E-state index in [1.165, 1.54) is 31.4 Å². The lowest BCUT2D eigenvalue weighted by Gasteiger charge is -2.29. The van der Waals surface area contributed by atoms with E-state index in [-0.39, 0.29) is 24.1 Å². The van der Waals surface area contributed by atoms with E-state index in [0.717, 1.165) is 51.4 Å². The van der Waals surface area contributed by atoms with Crippen LogP contribution in [0, 0.1) is 5.82 Å². The molecule has 136 valence electrons. The Labute approximate surface area is 148 Å². The van der Waals surface area contributed by atoms with Gasteiger partial charge in [-0.3, -0.25) is 9.80 Å². The number of hydrogen-bond acceptors (Lipinski definition) is 4. The molecule has 0 radical (unpaired) electrons. The first-order chi connectivity index (χ1) is 12.2. The molecule has 3 aliphatic heterocycles. The summed E-state index contributed by atoms with van der Waals surface area (Å²) in [4.78, 5) is 18.9. The van der Waals surface area contributed by atoms with Crippen LogP contribution in [0.1, 0.15) is 24.8 Å². The summed E-state index contributed by atoms with van der Waals surface area (Å²) >= 11 is 0. The predicted molar refractivity (Wildman–Crippen MR) is 92.7 cm³/mol. The molecule has 3 aliphatic rings. The largest absolute Gasteiger partial charge is 0.442 e. The minimum atomic E-state index is -0.208. The van der Waals surface area contributed by atoms with Gasteiger partial charge in [0.2, 0.25) is 0 Å². The molecular weight excluding hydrogens is 321 g/mol. The fourth-order valence-corrected chi connectivity index (χ4v) is 4.25. The highest BCUT2D eigenvalue weighted by Crippen LogP contribution is 2.28. The highest BCUT2D eigenvalue weighted by molar-refractivity contribution is 5.71. The van der Waals surface area contributed by atoms with Crippen molar-refractivity contribution in [2.75, 3.05) is 39.3 Å². The third kappa shape index (κ3) is 3.80. The molecule has 3 heterocycles. The molecule has 0 aromatic heterocycles. The smallest absolute Gasteiger partial charge is 0.410 e. The van der Waals surface area contributed by atoms with Gasteiger partial charge in [-0.15, -0.1) is 0 Å². The summed E-state index contributed by atoms with van der Waals surface area (Å²) in [5, 5.41) is 0. The number of rotatable bonds is 5. The van der Waals surface area contributed by atoms with Gasteiger partial charge in [-0.25, -0.2) is 9.18 Å². The van der Waals surface area contributed by atoms with Crippen LogP contribution in [0.4, 0.5) is 9.18 Å². The molecule has 5 nitrogen and oxygen atoms in total. The summed E-state index contributed by atoms with van der Waals surface area (Å²) in [6.07, 6.45) is 3.66. The Balaban J connectivity index is 1.32. The number of carbonyl (C=O) groups excluding carboxylic acids is 1. The van der Waals surface area contributed by atoms with Crippen molar-refractivity contribution in [3.8, 4) is 0 Å². The second-order valence-corrected chi connectivity index (χ2v) is 7.41. The van der Waals surface area contributed by atoms with Crippen molar-refractivity contribution in [2.24, 2.45) is 0 Å². The molecule has 0 saturated carbocycles. The van der Waals surface area contributed by atoms with E-state index in [1.807, 2.05) is 17.0 Å². The van der Waals surface area contributed by atoms with E-state index in [2.05, 4.69) is 9.80 Å². The molecule has 4 rings (SSSR count). The molecule has 6 heteroatoms. The summed E-state index contributed by atoms with van der Waals surface area (Å²) in [6.45, 7) is 6.34. The average molecular weight is 347 g/mol. The summed E-state index contributed by atoms with van der Waals surface area (Å²) in [6, 6.07) is 6.79. The Kier molecular flexibility index (Phi) is 4.90. The maximum Gasteiger partial charge on any atom is 0.410 e. The van der Waals surface area contributed by atoms with Crippen molar-refractivity contribution in [2.45, 2.75) is 38.0 Å². The van der Waals surface area contributed by atoms with Gasteiger partial charge < -0.3 is 9.64 Å². The van der Waals surface area contributed by atoms with E-state index in [1.54, 1.807) is 0 Å². The monoisotopic (exact) mass is 347 g/mol. The highest BCUT2D eigenvalue weighted by atomic mass is 19.1. The van der Waals surface area contributed by atoms with Crippen LogP contribution in [0.3, 0.4) is 0 Å². The Morgan fingerprint density at radius 1 is 1.00 bits per heavy atom. The minimum Gasteiger partial charge on any atom is -0.442 e. The molecule has 1 aromatic rings. The standard InChI is InChI=1S/C19H26FN3O2/c20-16-6-4-15(5-7-16)12-22-13-17-18(14-22)25-19(24)23(17)11-10-21-8-2-1-3-9-21/h4-7,17-18H,1-3,8-14H2/t17-,18+/m0/s1. The number of hydrogen-bond donors (Lipinski definition) is 0. The molecule has 3 saturated heterocycles. The number of amides is 1. The number of nitrogens with zero attached hydrogens (tertiary/aromatic N) is 3. The first-order valence-corrected chi connectivity index (χ1v) is 9.35. The van der Waals surface area contributed by atoms with E-state index in [0.29, 0.717) is 0 Å². The van der Waals surface area contributed by atoms with Crippen molar-refractivity contribution in [3.05, 3.63) is 35.6 Å². The van der Waals surface area contributed by atoms with E-state index in [4.69, 9.17) is 4.74 Å². The maximum absolute atomic E-state index is 13.0. The quantitative estimate of drug-likeness (QED) is 0.819. The second kappa shape index (κ2) is 7.30. The molecule has 0 N–H and O–H groups in total. The zero-order chi connectivity index (χ0) is 17.2. The first-order valence-electron chi connectivity index (χ1n) is 9.35. The molecule has 25 heavy (non-hydrogen) atoms. The van der Waals surface area contributed by atoms with Gasteiger partial charge in [-0.1, -0.05) is 18.6 Å². The number of carbonyl (C=O) groups is 1. The van der Waals surface area contributed by atoms with Crippen LogP contribution in [0.2, 0.25) is 0 Å². The van der Waals surface area contributed by atoms with Crippen LogP contribution in [-0.4, -0.2) is 72.2 Å². The van der Waals surface area contributed by atoms with Crippen LogP contribution in [0.25, 0.3) is 0 Å². The summed E-state index contributed by atoms with van der Waals surface area (Å²) in [7, 11) is 0. The van der Waals surface area contributed by atoms with Crippen molar-refractivity contribution >= 4 is 6.09 Å². The minimum absolute atomic E-state index is 0.0331. The molecule has 2 atom stereocenters. The van der Waals surface area contributed by atoms with Gasteiger partial charge in [-0.2, -0.15) is 0 Å². The Morgan fingerprint density at radius 2 is 1.76 bits per heavy atom. The zero-order valence-corrected chi connectivity index (χ0v) is 14.6. The zero-order valence-electron chi connectivity index (χ0n) is 14.6. The van der Waals surface area contributed by atoms with Crippen LogP contribution >= 0.6 is 0 Å².